The third-order valence-corrected chi connectivity index (χ3v) is 4.14. The average molecular weight is 523 g/mol. The van der Waals surface area contributed by atoms with Crippen LogP contribution in [0.2, 0.25) is 0 Å². The van der Waals surface area contributed by atoms with E-state index in [1.807, 2.05) is 18.2 Å². The van der Waals surface area contributed by atoms with Crippen LogP contribution in [0.25, 0.3) is 0 Å². The summed E-state index contributed by atoms with van der Waals surface area (Å²) in [6.45, 7) is 0.955. The number of hydrogen-bond acceptors (Lipinski definition) is 3. The minimum absolute atomic E-state index is 0. The molecule has 29 heavy (non-hydrogen) atoms. The van der Waals surface area contributed by atoms with Crippen molar-refractivity contribution in [3.63, 3.8) is 0 Å². The summed E-state index contributed by atoms with van der Waals surface area (Å²) in [5.74, 6) is 2.08. The first-order valence-corrected chi connectivity index (χ1v) is 8.69. The van der Waals surface area contributed by atoms with E-state index in [9.17, 15) is 13.2 Å². The lowest BCUT2D eigenvalue weighted by Gasteiger charge is -2.14. The van der Waals surface area contributed by atoms with Crippen LogP contribution in [0.4, 0.5) is 13.2 Å². The molecule has 0 spiro atoms. The minimum atomic E-state index is -4.33. The summed E-state index contributed by atoms with van der Waals surface area (Å²) in [4.78, 5) is 4.13. The Morgan fingerprint density at radius 3 is 2.24 bits per heavy atom. The molecule has 2 rings (SSSR count). The third-order valence-electron chi connectivity index (χ3n) is 4.14. The number of ether oxygens (including phenoxy) is 2. The summed E-state index contributed by atoms with van der Waals surface area (Å²) in [5, 5.41) is 6.26. The molecular weight excluding hydrogens is 498 g/mol. The molecule has 9 heteroatoms. The molecule has 0 aromatic heterocycles. The van der Waals surface area contributed by atoms with E-state index in [-0.39, 0.29) is 24.0 Å². The van der Waals surface area contributed by atoms with Crippen molar-refractivity contribution in [1.29, 1.82) is 0 Å². The molecule has 5 nitrogen and oxygen atoms in total. The van der Waals surface area contributed by atoms with Gasteiger partial charge in [0.1, 0.15) is 11.5 Å². The largest absolute Gasteiger partial charge is 0.497 e. The van der Waals surface area contributed by atoms with Gasteiger partial charge in [0.25, 0.3) is 0 Å². The van der Waals surface area contributed by atoms with Crippen LogP contribution < -0.4 is 20.1 Å². The standard InChI is InChI=1S/C20H24F3N3O2.HI/c1-24-19(26-13-14-4-6-16(7-5-14)20(21,22)23)25-11-10-15-12-17(27-2)8-9-18(15)28-3;/h4-9,12H,10-11,13H2,1-3H3,(H2,24,25,26);1H. The van der Waals surface area contributed by atoms with Crippen LogP contribution in [-0.4, -0.2) is 33.8 Å². The van der Waals surface area contributed by atoms with E-state index < -0.39 is 11.7 Å². The molecule has 0 heterocycles. The fourth-order valence-corrected chi connectivity index (χ4v) is 2.61. The zero-order valence-electron chi connectivity index (χ0n) is 16.5. The van der Waals surface area contributed by atoms with Gasteiger partial charge < -0.3 is 20.1 Å². The van der Waals surface area contributed by atoms with E-state index in [4.69, 9.17) is 9.47 Å². The number of halogens is 4. The molecule has 2 aromatic rings. The Labute approximate surface area is 185 Å². The van der Waals surface area contributed by atoms with Crippen molar-refractivity contribution in [1.82, 2.24) is 10.6 Å². The molecule has 0 aliphatic rings. The maximum absolute atomic E-state index is 12.6. The summed E-state index contributed by atoms with van der Waals surface area (Å²) in [5.41, 5.74) is 1.06. The second kappa shape index (κ2) is 11.7. The van der Waals surface area contributed by atoms with Gasteiger partial charge in [0.2, 0.25) is 0 Å². The Kier molecular flexibility index (Phi) is 10.1. The van der Waals surface area contributed by atoms with E-state index in [0.29, 0.717) is 25.5 Å². The van der Waals surface area contributed by atoms with Gasteiger partial charge in [-0.3, -0.25) is 4.99 Å². The third kappa shape index (κ3) is 7.64. The summed E-state index contributed by atoms with van der Waals surface area (Å²) in [6, 6.07) is 10.6. The molecule has 2 N–H and O–H groups in total. The first-order valence-electron chi connectivity index (χ1n) is 8.69. The molecule has 0 unspecified atom stereocenters. The topological polar surface area (TPSA) is 54.9 Å². The molecule has 0 saturated heterocycles. The molecule has 2 aromatic carbocycles. The van der Waals surface area contributed by atoms with Gasteiger partial charge in [-0.1, -0.05) is 12.1 Å². The van der Waals surface area contributed by atoms with Crippen molar-refractivity contribution >= 4 is 29.9 Å². The van der Waals surface area contributed by atoms with E-state index >= 15 is 0 Å². The van der Waals surface area contributed by atoms with E-state index in [2.05, 4.69) is 15.6 Å². The van der Waals surface area contributed by atoms with Gasteiger partial charge in [-0.15, -0.1) is 24.0 Å². The quantitative estimate of drug-likeness (QED) is 0.324. The predicted octanol–water partition coefficient (Wildman–Crippen LogP) is 4.25. The molecule has 0 aliphatic carbocycles. The van der Waals surface area contributed by atoms with Gasteiger partial charge in [0.05, 0.1) is 19.8 Å². The first-order chi connectivity index (χ1) is 13.4. The van der Waals surface area contributed by atoms with Gasteiger partial charge in [-0.05, 0) is 47.9 Å². The van der Waals surface area contributed by atoms with Crippen molar-refractivity contribution in [2.24, 2.45) is 4.99 Å². The Bertz CT molecular complexity index is 797. The molecule has 0 fully saturated rings. The van der Waals surface area contributed by atoms with Crippen LogP contribution in [0.15, 0.2) is 47.5 Å². The molecule has 0 aliphatic heterocycles. The summed E-state index contributed by atoms with van der Waals surface area (Å²) >= 11 is 0. The predicted molar refractivity (Wildman–Crippen MR) is 118 cm³/mol. The lowest BCUT2D eigenvalue weighted by molar-refractivity contribution is -0.137. The van der Waals surface area contributed by atoms with Gasteiger partial charge in [0.15, 0.2) is 5.96 Å². The number of hydrogen-bond donors (Lipinski definition) is 2. The molecule has 0 bridgehead atoms. The van der Waals surface area contributed by atoms with Crippen LogP contribution in [0.3, 0.4) is 0 Å². The zero-order chi connectivity index (χ0) is 20.6. The van der Waals surface area contributed by atoms with Crippen LogP contribution in [0.1, 0.15) is 16.7 Å². The monoisotopic (exact) mass is 523 g/mol. The number of guanidine groups is 1. The molecular formula is C20H25F3IN3O2. The SMILES string of the molecule is CN=C(NCCc1cc(OC)ccc1OC)NCc1ccc(C(F)(F)F)cc1.I. The van der Waals surface area contributed by atoms with Crippen molar-refractivity contribution < 1.29 is 22.6 Å². The fraction of sp³-hybridized carbons (Fsp3) is 0.350. The van der Waals surface area contributed by atoms with Crippen LogP contribution in [-0.2, 0) is 19.1 Å². The van der Waals surface area contributed by atoms with E-state index in [0.717, 1.165) is 34.8 Å². The molecule has 0 saturated carbocycles. The highest BCUT2D eigenvalue weighted by molar-refractivity contribution is 14.0. The molecule has 0 amide bonds. The second-order valence-electron chi connectivity index (χ2n) is 5.98. The van der Waals surface area contributed by atoms with Crippen LogP contribution in [0.5, 0.6) is 11.5 Å². The maximum atomic E-state index is 12.6. The van der Waals surface area contributed by atoms with Crippen molar-refractivity contribution in [3.8, 4) is 11.5 Å². The highest BCUT2D eigenvalue weighted by Crippen LogP contribution is 2.29. The normalized spacial score (nSPS) is 11.4. The maximum Gasteiger partial charge on any atom is 0.416 e. The van der Waals surface area contributed by atoms with Crippen molar-refractivity contribution in [2.45, 2.75) is 19.1 Å². The number of aliphatic imine (C=N–C) groups is 1. The number of rotatable bonds is 7. The van der Waals surface area contributed by atoms with E-state index in [1.54, 1.807) is 21.3 Å². The molecule has 0 radical (unpaired) electrons. The Morgan fingerprint density at radius 2 is 1.69 bits per heavy atom. The summed E-state index contributed by atoms with van der Waals surface area (Å²) in [6.07, 6.45) is -3.65. The Morgan fingerprint density at radius 1 is 1.00 bits per heavy atom. The zero-order valence-corrected chi connectivity index (χ0v) is 18.8. The van der Waals surface area contributed by atoms with Crippen molar-refractivity contribution in [2.75, 3.05) is 27.8 Å². The van der Waals surface area contributed by atoms with Gasteiger partial charge in [-0.25, -0.2) is 0 Å². The van der Waals surface area contributed by atoms with Crippen molar-refractivity contribution in [3.05, 3.63) is 59.2 Å². The average Bonchev–Trinajstić information content (AvgIpc) is 2.70. The lowest BCUT2D eigenvalue weighted by Crippen LogP contribution is -2.37. The van der Waals surface area contributed by atoms with Gasteiger partial charge in [0, 0.05) is 20.1 Å². The summed E-state index contributed by atoms with van der Waals surface area (Å²) < 4.78 is 48.4. The number of alkyl halides is 3. The number of nitrogens with one attached hydrogen (secondary N) is 2. The second-order valence-corrected chi connectivity index (χ2v) is 5.98. The number of benzene rings is 2. The molecule has 160 valence electrons. The molecule has 0 atom stereocenters. The number of nitrogens with zero attached hydrogens (tertiary/aromatic N) is 1. The first kappa shape index (κ1) is 24.9. The van der Waals surface area contributed by atoms with Gasteiger partial charge in [-0.2, -0.15) is 13.2 Å². The smallest absolute Gasteiger partial charge is 0.416 e. The lowest BCUT2D eigenvalue weighted by atomic mass is 10.1. The minimum Gasteiger partial charge on any atom is -0.497 e. The van der Waals surface area contributed by atoms with Gasteiger partial charge >= 0.3 is 6.18 Å². The fourth-order valence-electron chi connectivity index (χ4n) is 2.61. The highest BCUT2D eigenvalue weighted by atomic mass is 127. The highest BCUT2D eigenvalue weighted by Gasteiger charge is 2.29. The van der Waals surface area contributed by atoms with Crippen LogP contribution >= 0.6 is 24.0 Å². The summed E-state index contributed by atoms with van der Waals surface area (Å²) in [7, 11) is 4.86. The Hall–Kier alpha value is -2.17. The number of methoxy groups -OCH3 is 2. The Balaban J connectivity index is 0.00000420. The van der Waals surface area contributed by atoms with E-state index in [1.165, 1.54) is 12.1 Å². The van der Waals surface area contributed by atoms with Crippen LogP contribution in [0, 0.1) is 0 Å².